The van der Waals surface area contributed by atoms with Crippen LogP contribution in [0.15, 0.2) is 206 Å². The summed E-state index contributed by atoms with van der Waals surface area (Å²) in [5.74, 6) is 0.350. The fourth-order valence-corrected chi connectivity index (χ4v) is 15.1. The van der Waals surface area contributed by atoms with Gasteiger partial charge >= 0.3 is 0 Å². The maximum atomic E-state index is 2.67. The van der Waals surface area contributed by atoms with Crippen LogP contribution in [-0.4, -0.2) is 8.07 Å². The summed E-state index contributed by atoms with van der Waals surface area (Å²) in [5, 5.41) is 6.88. The summed E-state index contributed by atoms with van der Waals surface area (Å²) in [6.07, 6.45) is 7.66. The van der Waals surface area contributed by atoms with E-state index < -0.39 is 8.07 Å². The molecule has 0 fully saturated rings. The Bertz CT molecular complexity index is 3310. The highest BCUT2D eigenvalue weighted by Gasteiger charge is 2.47. The summed E-state index contributed by atoms with van der Waals surface area (Å²) >= 11 is 0. The van der Waals surface area contributed by atoms with E-state index in [1.54, 1.807) is 5.19 Å². The van der Waals surface area contributed by atoms with E-state index in [0.29, 0.717) is 11.5 Å². The van der Waals surface area contributed by atoms with Gasteiger partial charge in [-0.1, -0.05) is 226 Å². The smallest absolute Gasteiger partial charge is 0.0761 e. The molecule has 0 radical (unpaired) electrons. The lowest BCUT2D eigenvalue weighted by molar-refractivity contribution is 0.660. The number of hydrogen-bond acceptors (Lipinski definition) is 0. The Morgan fingerprint density at radius 1 is 0.419 bits per heavy atom. The van der Waals surface area contributed by atoms with Crippen LogP contribution >= 0.6 is 0 Å². The third-order valence-electron chi connectivity index (χ3n) is 14.8. The van der Waals surface area contributed by atoms with Crippen molar-refractivity contribution in [3.8, 4) is 55.6 Å². The first kappa shape index (κ1) is 37.0. The van der Waals surface area contributed by atoms with Crippen molar-refractivity contribution in [3.05, 3.63) is 229 Å². The molecule has 0 bridgehead atoms. The van der Waals surface area contributed by atoms with Crippen molar-refractivity contribution in [1.29, 1.82) is 0 Å². The van der Waals surface area contributed by atoms with E-state index in [2.05, 4.69) is 233 Å². The quantitative estimate of drug-likeness (QED) is 0.120. The summed E-state index contributed by atoms with van der Waals surface area (Å²) < 4.78 is 0. The molecule has 0 saturated heterocycles. The van der Waals surface area contributed by atoms with E-state index in [-0.39, 0.29) is 5.41 Å². The summed E-state index contributed by atoms with van der Waals surface area (Å²) in [4.78, 5) is 0. The zero-order chi connectivity index (χ0) is 41.7. The number of hydrogen-bond donors (Lipinski definition) is 0. The Kier molecular flexibility index (Phi) is 8.27. The highest BCUT2D eigenvalue weighted by molar-refractivity contribution is 6.93. The van der Waals surface area contributed by atoms with Crippen molar-refractivity contribution < 1.29 is 0 Å². The second-order valence-corrected chi connectivity index (χ2v) is 23.5. The molecule has 12 rings (SSSR count). The SMILES string of the molecule is CC1(C)c2ccccc2-c2ccc(C3=CC4C(C=C3)c3cc5c(-c6ccc(-c7ccccc7)cc6)c6ccccc6c(-c6ccc(-c7ccccc7)cc6)c5cc3[Si]4(C)C)cc21. The first-order valence-electron chi connectivity index (χ1n) is 22.2. The highest BCUT2D eigenvalue weighted by Crippen LogP contribution is 2.54. The van der Waals surface area contributed by atoms with Crippen molar-refractivity contribution in [2.24, 2.45) is 0 Å². The summed E-state index contributed by atoms with van der Waals surface area (Å²) in [5.41, 5.74) is 20.4. The molecule has 2 atom stereocenters. The molecule has 3 aliphatic rings. The molecule has 0 aromatic heterocycles. The van der Waals surface area contributed by atoms with Crippen LogP contribution in [-0.2, 0) is 5.41 Å². The predicted molar refractivity (Wildman–Crippen MR) is 268 cm³/mol. The van der Waals surface area contributed by atoms with Gasteiger partial charge in [0.2, 0.25) is 0 Å². The maximum Gasteiger partial charge on any atom is 0.0887 e. The monoisotopic (exact) mass is 808 g/mol. The standard InChI is InChI=1S/C61H48Si/c1-61(2)55-22-14-13-19-47(55)48-33-31-45(35-56(48)61)46-32-34-49-52-37-53-54(38-58(52)62(3,4)57(49)36-46)60(44-29-25-42(26-30-44)40-17-9-6-10-18-40)51-21-12-11-20-50(51)59(53)43-27-23-41(24-28-43)39-15-7-5-8-16-39/h5-38,49,57H,1-4H3. The van der Waals surface area contributed by atoms with Gasteiger partial charge in [-0.15, -0.1) is 0 Å². The van der Waals surface area contributed by atoms with E-state index >= 15 is 0 Å². The van der Waals surface area contributed by atoms with Crippen LogP contribution < -0.4 is 5.19 Å². The normalized spacial score (nSPS) is 17.6. The lowest BCUT2D eigenvalue weighted by Crippen LogP contribution is -2.41. The van der Waals surface area contributed by atoms with Gasteiger partial charge in [0, 0.05) is 11.3 Å². The molecule has 9 aromatic rings. The number of allylic oxidation sites excluding steroid dienone is 4. The van der Waals surface area contributed by atoms with Gasteiger partial charge < -0.3 is 0 Å². The Balaban J connectivity index is 1.04. The number of benzene rings is 9. The predicted octanol–water partition coefficient (Wildman–Crippen LogP) is 16.0. The zero-order valence-electron chi connectivity index (χ0n) is 35.8. The van der Waals surface area contributed by atoms with Crippen molar-refractivity contribution in [3.63, 3.8) is 0 Å². The van der Waals surface area contributed by atoms with E-state index in [1.165, 1.54) is 105 Å². The van der Waals surface area contributed by atoms with Crippen LogP contribution in [0.4, 0.5) is 0 Å². The van der Waals surface area contributed by atoms with Gasteiger partial charge in [-0.3, -0.25) is 0 Å². The van der Waals surface area contributed by atoms with E-state index in [9.17, 15) is 0 Å². The molecule has 0 nitrogen and oxygen atoms in total. The molecule has 1 aliphatic heterocycles. The molecular weight excluding hydrogens is 761 g/mol. The van der Waals surface area contributed by atoms with Crippen molar-refractivity contribution >= 4 is 40.4 Å². The fraction of sp³-hybridized carbons (Fsp3) is 0.115. The first-order chi connectivity index (χ1) is 30.3. The minimum Gasteiger partial charge on any atom is -0.0761 e. The van der Waals surface area contributed by atoms with E-state index in [1.807, 2.05) is 0 Å². The highest BCUT2D eigenvalue weighted by atomic mass is 28.3. The molecule has 1 heteroatoms. The molecule has 2 aliphatic carbocycles. The van der Waals surface area contributed by atoms with Gasteiger partial charge in [-0.05, 0) is 123 Å². The van der Waals surface area contributed by atoms with Gasteiger partial charge in [0.25, 0.3) is 0 Å². The van der Waals surface area contributed by atoms with Gasteiger partial charge in [0.15, 0.2) is 0 Å². The third-order valence-corrected chi connectivity index (χ3v) is 18.8. The molecule has 1 heterocycles. The first-order valence-corrected chi connectivity index (χ1v) is 25.3. The Hall–Kier alpha value is -6.80. The van der Waals surface area contributed by atoms with Crippen LogP contribution in [0.1, 0.15) is 42.0 Å². The molecule has 296 valence electrons. The summed E-state index contributed by atoms with van der Waals surface area (Å²) in [7, 11) is -2.03. The Labute approximate surface area is 366 Å². The van der Waals surface area contributed by atoms with Gasteiger partial charge in [0.05, 0.1) is 8.07 Å². The molecule has 62 heavy (non-hydrogen) atoms. The largest absolute Gasteiger partial charge is 0.0887 e. The van der Waals surface area contributed by atoms with E-state index in [4.69, 9.17) is 0 Å². The molecule has 0 saturated carbocycles. The lowest BCUT2D eigenvalue weighted by Gasteiger charge is -2.29. The average molecular weight is 809 g/mol. The van der Waals surface area contributed by atoms with Crippen molar-refractivity contribution in [1.82, 2.24) is 0 Å². The zero-order valence-corrected chi connectivity index (χ0v) is 36.8. The fourth-order valence-electron chi connectivity index (χ4n) is 11.5. The Morgan fingerprint density at radius 2 is 0.903 bits per heavy atom. The molecule has 9 aromatic carbocycles. The maximum absolute atomic E-state index is 2.67. The number of fused-ring (bicyclic) bond motifs is 8. The average Bonchev–Trinajstić information content (AvgIpc) is 3.69. The van der Waals surface area contributed by atoms with Crippen molar-refractivity contribution in [2.45, 2.75) is 43.8 Å². The van der Waals surface area contributed by atoms with Crippen LogP contribution in [0.2, 0.25) is 18.6 Å². The lowest BCUT2D eigenvalue weighted by atomic mass is 9.80. The van der Waals surface area contributed by atoms with Crippen LogP contribution in [0.5, 0.6) is 0 Å². The van der Waals surface area contributed by atoms with Crippen molar-refractivity contribution in [2.75, 3.05) is 0 Å². The second kappa shape index (κ2) is 13.9. The molecular formula is C61H48Si. The minimum absolute atomic E-state index is 0.0240. The third kappa shape index (κ3) is 5.58. The van der Waals surface area contributed by atoms with E-state index in [0.717, 1.165) is 0 Å². The second-order valence-electron chi connectivity index (χ2n) is 18.9. The van der Waals surface area contributed by atoms with Crippen LogP contribution in [0, 0.1) is 0 Å². The molecule has 0 amide bonds. The molecule has 2 unspecified atom stereocenters. The Morgan fingerprint density at radius 3 is 1.52 bits per heavy atom. The summed E-state index contributed by atoms with van der Waals surface area (Å²) in [6, 6.07) is 70.7. The van der Waals surface area contributed by atoms with Crippen LogP contribution in [0.3, 0.4) is 0 Å². The minimum atomic E-state index is -2.03. The molecule has 0 N–H and O–H groups in total. The van der Waals surface area contributed by atoms with Gasteiger partial charge in [-0.25, -0.2) is 0 Å². The summed E-state index contributed by atoms with van der Waals surface area (Å²) in [6.45, 7) is 10.0. The van der Waals surface area contributed by atoms with Gasteiger partial charge in [0.1, 0.15) is 0 Å². The van der Waals surface area contributed by atoms with Crippen LogP contribution in [0.25, 0.3) is 82.8 Å². The topological polar surface area (TPSA) is 0 Å². The molecule has 0 spiro atoms. The van der Waals surface area contributed by atoms with Gasteiger partial charge in [-0.2, -0.15) is 0 Å². The number of rotatable bonds is 5.